The van der Waals surface area contributed by atoms with Crippen LogP contribution in [0.1, 0.15) is 46.0 Å². The molecule has 0 aromatic carbocycles. The molecule has 2 heteroatoms. The molecule has 17 heavy (non-hydrogen) atoms. The number of hydrogen-bond donors (Lipinski definition) is 1. The molecule has 1 aliphatic rings. The van der Waals surface area contributed by atoms with Crippen molar-refractivity contribution in [3.8, 4) is 0 Å². The molecule has 3 atom stereocenters. The van der Waals surface area contributed by atoms with Gasteiger partial charge in [-0.2, -0.15) is 0 Å². The molecule has 2 N–H and O–H groups in total. The van der Waals surface area contributed by atoms with E-state index in [0.29, 0.717) is 5.92 Å². The molecule has 0 aromatic rings. The van der Waals surface area contributed by atoms with E-state index in [1.807, 2.05) is 0 Å². The summed E-state index contributed by atoms with van der Waals surface area (Å²) in [6.45, 7) is 10.3. The lowest BCUT2D eigenvalue weighted by atomic mass is 9.99. The van der Waals surface area contributed by atoms with Crippen molar-refractivity contribution < 1.29 is 0 Å². The van der Waals surface area contributed by atoms with E-state index in [-0.39, 0.29) is 0 Å². The lowest BCUT2D eigenvalue weighted by Crippen LogP contribution is -2.35. The SMILES string of the molecule is C=C(C)CCC1CC[C@@H](N(C)C[C@H](C)CN)C1. The molecule has 0 saturated heterocycles. The van der Waals surface area contributed by atoms with E-state index in [1.54, 1.807) is 0 Å². The highest BCUT2D eigenvalue weighted by Gasteiger charge is 2.27. The van der Waals surface area contributed by atoms with Gasteiger partial charge in [-0.3, -0.25) is 0 Å². The quantitative estimate of drug-likeness (QED) is 0.691. The molecule has 0 aliphatic heterocycles. The van der Waals surface area contributed by atoms with Gasteiger partial charge < -0.3 is 10.6 Å². The van der Waals surface area contributed by atoms with Crippen LogP contribution in [0.2, 0.25) is 0 Å². The van der Waals surface area contributed by atoms with Crippen LogP contribution >= 0.6 is 0 Å². The third-order valence-electron chi connectivity index (χ3n) is 4.12. The third-order valence-corrected chi connectivity index (χ3v) is 4.12. The van der Waals surface area contributed by atoms with Crippen molar-refractivity contribution in [3.63, 3.8) is 0 Å². The fraction of sp³-hybridized carbons (Fsp3) is 0.867. The second-order valence-corrected chi connectivity index (χ2v) is 6.11. The van der Waals surface area contributed by atoms with Crippen molar-refractivity contribution in [2.24, 2.45) is 17.6 Å². The Hall–Kier alpha value is -0.340. The van der Waals surface area contributed by atoms with E-state index < -0.39 is 0 Å². The van der Waals surface area contributed by atoms with Crippen LogP contribution in [-0.4, -0.2) is 31.1 Å². The topological polar surface area (TPSA) is 29.3 Å². The number of allylic oxidation sites excluding steroid dienone is 1. The van der Waals surface area contributed by atoms with E-state index in [0.717, 1.165) is 25.0 Å². The summed E-state index contributed by atoms with van der Waals surface area (Å²) in [5.41, 5.74) is 7.02. The van der Waals surface area contributed by atoms with Crippen molar-refractivity contribution in [3.05, 3.63) is 12.2 Å². The molecule has 0 radical (unpaired) electrons. The first-order valence-electron chi connectivity index (χ1n) is 7.07. The van der Waals surface area contributed by atoms with Crippen molar-refractivity contribution >= 4 is 0 Å². The number of nitrogens with zero attached hydrogens (tertiary/aromatic N) is 1. The van der Waals surface area contributed by atoms with Crippen LogP contribution < -0.4 is 5.73 Å². The van der Waals surface area contributed by atoms with Crippen LogP contribution in [0.15, 0.2) is 12.2 Å². The highest BCUT2D eigenvalue weighted by Crippen LogP contribution is 2.32. The van der Waals surface area contributed by atoms with Gasteiger partial charge in [0.25, 0.3) is 0 Å². The van der Waals surface area contributed by atoms with Gasteiger partial charge in [0.1, 0.15) is 0 Å². The van der Waals surface area contributed by atoms with Gasteiger partial charge in [0.05, 0.1) is 0 Å². The normalized spacial score (nSPS) is 26.4. The van der Waals surface area contributed by atoms with Gasteiger partial charge in [0.15, 0.2) is 0 Å². The summed E-state index contributed by atoms with van der Waals surface area (Å²) in [6, 6.07) is 0.791. The first-order valence-corrected chi connectivity index (χ1v) is 7.07. The Bertz CT molecular complexity index is 237. The smallest absolute Gasteiger partial charge is 0.00950 e. The predicted octanol–water partition coefficient (Wildman–Crippen LogP) is 3.04. The molecule has 1 saturated carbocycles. The average molecular weight is 238 g/mol. The van der Waals surface area contributed by atoms with Crippen LogP contribution in [-0.2, 0) is 0 Å². The minimum absolute atomic E-state index is 0.620. The maximum Gasteiger partial charge on any atom is 0.00950 e. The molecular formula is C15H30N2. The second kappa shape index (κ2) is 7.17. The zero-order chi connectivity index (χ0) is 12.8. The van der Waals surface area contributed by atoms with E-state index in [4.69, 9.17) is 5.73 Å². The molecule has 1 unspecified atom stereocenters. The van der Waals surface area contributed by atoms with Gasteiger partial charge in [0, 0.05) is 12.6 Å². The lowest BCUT2D eigenvalue weighted by molar-refractivity contribution is 0.211. The molecule has 1 fully saturated rings. The van der Waals surface area contributed by atoms with Crippen LogP contribution in [0.25, 0.3) is 0 Å². The molecule has 2 nitrogen and oxygen atoms in total. The summed E-state index contributed by atoms with van der Waals surface area (Å²) in [7, 11) is 2.26. The zero-order valence-electron chi connectivity index (χ0n) is 11.9. The Morgan fingerprint density at radius 2 is 2.18 bits per heavy atom. The molecule has 0 spiro atoms. The molecule has 1 aliphatic carbocycles. The lowest BCUT2D eigenvalue weighted by Gasteiger charge is -2.27. The highest BCUT2D eigenvalue weighted by molar-refractivity contribution is 4.90. The van der Waals surface area contributed by atoms with Crippen molar-refractivity contribution in [1.82, 2.24) is 4.90 Å². The summed E-state index contributed by atoms with van der Waals surface area (Å²) >= 11 is 0. The van der Waals surface area contributed by atoms with E-state index in [2.05, 4.69) is 32.4 Å². The summed E-state index contributed by atoms with van der Waals surface area (Å²) in [5, 5.41) is 0. The fourth-order valence-electron chi connectivity index (χ4n) is 2.88. The number of hydrogen-bond acceptors (Lipinski definition) is 2. The van der Waals surface area contributed by atoms with Gasteiger partial charge in [-0.05, 0) is 64.5 Å². The van der Waals surface area contributed by atoms with E-state index >= 15 is 0 Å². The van der Waals surface area contributed by atoms with Crippen LogP contribution in [0.3, 0.4) is 0 Å². The molecule has 1 rings (SSSR count). The molecule has 0 aromatic heterocycles. The summed E-state index contributed by atoms with van der Waals surface area (Å²) in [6.07, 6.45) is 6.70. The minimum atomic E-state index is 0.620. The van der Waals surface area contributed by atoms with E-state index in [9.17, 15) is 0 Å². The summed E-state index contributed by atoms with van der Waals surface area (Å²) in [5.74, 6) is 1.54. The van der Waals surface area contributed by atoms with Gasteiger partial charge in [-0.15, -0.1) is 6.58 Å². The maximum absolute atomic E-state index is 5.69. The highest BCUT2D eigenvalue weighted by atomic mass is 15.1. The van der Waals surface area contributed by atoms with Crippen molar-refractivity contribution in [2.75, 3.05) is 20.1 Å². The van der Waals surface area contributed by atoms with Gasteiger partial charge in [-0.1, -0.05) is 12.5 Å². The molecule has 0 bridgehead atoms. The minimum Gasteiger partial charge on any atom is -0.330 e. The second-order valence-electron chi connectivity index (χ2n) is 6.11. The summed E-state index contributed by atoms with van der Waals surface area (Å²) in [4.78, 5) is 2.53. The number of rotatable bonds is 7. The van der Waals surface area contributed by atoms with Gasteiger partial charge in [0.2, 0.25) is 0 Å². The van der Waals surface area contributed by atoms with Crippen LogP contribution in [0.5, 0.6) is 0 Å². The molecule has 100 valence electrons. The van der Waals surface area contributed by atoms with E-state index in [1.165, 1.54) is 37.7 Å². The Balaban J connectivity index is 2.26. The Kier molecular flexibility index (Phi) is 6.21. The Morgan fingerprint density at radius 1 is 1.47 bits per heavy atom. The van der Waals surface area contributed by atoms with Crippen molar-refractivity contribution in [1.29, 1.82) is 0 Å². The predicted molar refractivity (Wildman–Crippen MR) is 76.0 cm³/mol. The molecule has 0 heterocycles. The number of nitrogens with two attached hydrogens (primary N) is 1. The maximum atomic E-state index is 5.69. The monoisotopic (exact) mass is 238 g/mol. The standard InChI is InChI=1S/C15H30N2/c1-12(2)5-6-14-7-8-15(9-14)17(4)11-13(3)10-16/h13-15H,1,5-11,16H2,2-4H3/t13-,14?,15-/m1/s1. The fourth-order valence-corrected chi connectivity index (χ4v) is 2.88. The average Bonchev–Trinajstić information content (AvgIpc) is 2.74. The molecule has 0 amide bonds. The third kappa shape index (κ3) is 5.22. The first-order chi connectivity index (χ1) is 8.02. The summed E-state index contributed by atoms with van der Waals surface area (Å²) < 4.78 is 0. The Morgan fingerprint density at radius 3 is 2.76 bits per heavy atom. The first kappa shape index (κ1) is 14.7. The van der Waals surface area contributed by atoms with Crippen LogP contribution in [0.4, 0.5) is 0 Å². The van der Waals surface area contributed by atoms with Gasteiger partial charge >= 0.3 is 0 Å². The largest absolute Gasteiger partial charge is 0.330 e. The van der Waals surface area contributed by atoms with Gasteiger partial charge in [-0.25, -0.2) is 0 Å². The molecular weight excluding hydrogens is 208 g/mol. The van der Waals surface area contributed by atoms with Crippen molar-refractivity contribution in [2.45, 2.75) is 52.0 Å². The van der Waals surface area contributed by atoms with Crippen LogP contribution in [0, 0.1) is 11.8 Å². The zero-order valence-corrected chi connectivity index (χ0v) is 11.9. The Labute approximate surface area is 107 Å².